The van der Waals surface area contributed by atoms with Gasteiger partial charge < -0.3 is 19.7 Å². The van der Waals surface area contributed by atoms with Crippen molar-refractivity contribution in [2.45, 2.75) is 84.5 Å². The average Bonchev–Trinajstić information content (AvgIpc) is 3.27. The molecule has 186 valence electrons. The summed E-state index contributed by atoms with van der Waals surface area (Å²) in [6.45, 7) is 11.2. The molecule has 5 heteroatoms. The largest absolute Gasteiger partial charge is 0.454 e. The van der Waals surface area contributed by atoms with Crippen molar-refractivity contribution in [2.24, 2.45) is 0 Å². The number of nitrogens with one attached hydrogen (secondary N) is 1. The van der Waals surface area contributed by atoms with Crippen molar-refractivity contribution in [3.8, 4) is 11.5 Å². The second kappa shape index (κ2) is 11.6. The smallest absolute Gasteiger partial charge is 0.231 e. The van der Waals surface area contributed by atoms with Gasteiger partial charge in [-0.15, -0.1) is 0 Å². The molecule has 1 N–H and O–H groups in total. The number of nitrogens with zero attached hydrogens (tertiary/aromatic N) is 1. The Morgan fingerprint density at radius 2 is 1.68 bits per heavy atom. The molecule has 3 rings (SSSR count). The van der Waals surface area contributed by atoms with Gasteiger partial charge in [-0.1, -0.05) is 66.0 Å². The molecule has 0 aliphatic carbocycles. The average molecular weight is 467 g/mol. The van der Waals surface area contributed by atoms with E-state index in [9.17, 15) is 4.79 Å². The second-order valence-electron chi connectivity index (χ2n) is 10.2. The second-order valence-corrected chi connectivity index (χ2v) is 10.2. The first-order valence-corrected chi connectivity index (χ1v) is 12.8. The number of anilines is 2. The van der Waals surface area contributed by atoms with Crippen LogP contribution in [-0.4, -0.2) is 26.8 Å². The van der Waals surface area contributed by atoms with Gasteiger partial charge in [-0.25, -0.2) is 0 Å². The van der Waals surface area contributed by atoms with Crippen LogP contribution in [0.2, 0.25) is 0 Å². The molecule has 1 aliphatic rings. The molecule has 0 unspecified atom stereocenters. The molecule has 1 amide bonds. The zero-order valence-electron chi connectivity index (χ0n) is 22.0. The van der Waals surface area contributed by atoms with Gasteiger partial charge in [0, 0.05) is 37.5 Å². The summed E-state index contributed by atoms with van der Waals surface area (Å²) in [6.07, 6.45) is 4.78. The van der Waals surface area contributed by atoms with Gasteiger partial charge in [0.1, 0.15) is 0 Å². The van der Waals surface area contributed by atoms with Crippen molar-refractivity contribution in [3.63, 3.8) is 0 Å². The molecule has 0 fully saturated rings. The predicted molar refractivity (Wildman–Crippen MR) is 142 cm³/mol. The lowest BCUT2D eigenvalue weighted by Gasteiger charge is -2.25. The minimum atomic E-state index is 0.0550. The third-order valence-corrected chi connectivity index (χ3v) is 6.66. The molecule has 0 bridgehead atoms. The van der Waals surface area contributed by atoms with Crippen molar-refractivity contribution in [1.82, 2.24) is 0 Å². The first-order chi connectivity index (χ1) is 16.2. The number of benzene rings is 2. The van der Waals surface area contributed by atoms with Gasteiger partial charge in [0.25, 0.3) is 0 Å². The minimum absolute atomic E-state index is 0.0550. The number of hydrogen-bond donors (Lipinski definition) is 1. The Balaban J connectivity index is 1.90. The van der Waals surface area contributed by atoms with E-state index in [0.29, 0.717) is 18.3 Å². The number of rotatable bonds is 11. The van der Waals surface area contributed by atoms with E-state index in [1.54, 1.807) is 0 Å². The van der Waals surface area contributed by atoms with Gasteiger partial charge >= 0.3 is 0 Å². The van der Waals surface area contributed by atoms with Crippen molar-refractivity contribution < 1.29 is 14.3 Å². The highest BCUT2D eigenvalue weighted by molar-refractivity contribution is 5.93. The molecule has 2 aromatic carbocycles. The molecule has 0 aromatic heterocycles. The number of ether oxygens (including phenoxy) is 2. The zero-order valence-corrected chi connectivity index (χ0v) is 22.0. The fraction of sp³-hybridized carbons (Fsp3) is 0.552. The lowest BCUT2D eigenvalue weighted by atomic mass is 9.88. The minimum Gasteiger partial charge on any atom is -0.454 e. The Labute approximate surface area is 205 Å². The number of amides is 1. The highest BCUT2D eigenvalue weighted by Crippen LogP contribution is 2.42. The Hall–Kier alpha value is -2.69. The Kier molecular flexibility index (Phi) is 8.87. The topological polar surface area (TPSA) is 50.8 Å². The molecule has 0 spiro atoms. The molecule has 1 atom stereocenters. The van der Waals surface area contributed by atoms with E-state index >= 15 is 0 Å². The summed E-state index contributed by atoms with van der Waals surface area (Å²) >= 11 is 0. The summed E-state index contributed by atoms with van der Waals surface area (Å²) in [7, 11) is 4.12. The SMILES string of the molecule is CCCCC[C@H](CC(=O)Nc1c(C(C)C)cc(N(C)C)cc1C(C)C)c1cccc2c1OCO2. The van der Waals surface area contributed by atoms with E-state index in [4.69, 9.17) is 9.47 Å². The molecule has 2 aromatic rings. The van der Waals surface area contributed by atoms with Gasteiger partial charge in [0.05, 0.1) is 0 Å². The van der Waals surface area contributed by atoms with Gasteiger partial charge in [0.15, 0.2) is 11.5 Å². The third kappa shape index (κ3) is 6.05. The Morgan fingerprint density at radius 3 is 2.26 bits per heavy atom. The van der Waals surface area contributed by atoms with Crippen molar-refractivity contribution >= 4 is 17.3 Å². The molecule has 0 saturated heterocycles. The van der Waals surface area contributed by atoms with Crippen LogP contribution in [0.5, 0.6) is 11.5 Å². The Morgan fingerprint density at radius 1 is 1.00 bits per heavy atom. The normalized spacial score (nSPS) is 13.4. The molecule has 0 radical (unpaired) electrons. The van der Waals surface area contributed by atoms with Crippen molar-refractivity contribution in [1.29, 1.82) is 0 Å². The van der Waals surface area contributed by atoms with E-state index in [2.05, 4.69) is 77.1 Å². The maximum absolute atomic E-state index is 13.5. The van der Waals surface area contributed by atoms with Crippen LogP contribution >= 0.6 is 0 Å². The molecule has 1 aliphatic heterocycles. The number of fused-ring (bicyclic) bond motifs is 1. The predicted octanol–water partition coefficient (Wildman–Crippen LogP) is 7.42. The lowest BCUT2D eigenvalue weighted by Crippen LogP contribution is -2.20. The highest BCUT2D eigenvalue weighted by atomic mass is 16.7. The quantitative estimate of drug-likeness (QED) is 0.350. The van der Waals surface area contributed by atoms with Gasteiger partial charge in [-0.3, -0.25) is 4.79 Å². The summed E-state index contributed by atoms with van der Waals surface area (Å²) in [5.74, 6) is 2.33. The van der Waals surface area contributed by atoms with Crippen LogP contribution in [0.4, 0.5) is 11.4 Å². The van der Waals surface area contributed by atoms with E-state index < -0.39 is 0 Å². The standard InChI is InChI=1S/C29H42N2O3/c1-8-9-10-12-21(23-13-11-14-26-29(23)34-18-33-26)15-27(32)30-28-24(19(2)3)16-22(31(6)7)17-25(28)20(4)5/h11,13-14,16-17,19-21H,8-10,12,15,18H2,1-7H3,(H,30,32)/t21-/m1/s1. The molecular formula is C29H42N2O3. The summed E-state index contributed by atoms with van der Waals surface area (Å²) in [5, 5.41) is 3.34. The third-order valence-electron chi connectivity index (χ3n) is 6.66. The maximum atomic E-state index is 13.5. The highest BCUT2D eigenvalue weighted by Gasteiger charge is 2.26. The number of carbonyl (C=O) groups is 1. The van der Waals surface area contributed by atoms with Crippen LogP contribution < -0.4 is 19.7 Å². The van der Waals surface area contributed by atoms with Gasteiger partial charge in [-0.2, -0.15) is 0 Å². The summed E-state index contributed by atoms with van der Waals surface area (Å²) < 4.78 is 11.4. The Bertz CT molecular complexity index is 952. The zero-order chi connectivity index (χ0) is 24.8. The van der Waals surface area contributed by atoms with Crippen molar-refractivity contribution in [3.05, 3.63) is 47.0 Å². The van der Waals surface area contributed by atoms with E-state index in [1.165, 1.54) is 16.8 Å². The molecule has 1 heterocycles. The van der Waals surface area contributed by atoms with Crippen LogP contribution in [-0.2, 0) is 4.79 Å². The summed E-state index contributed by atoms with van der Waals surface area (Å²) in [6, 6.07) is 10.4. The van der Waals surface area contributed by atoms with Crippen molar-refractivity contribution in [2.75, 3.05) is 31.1 Å². The first kappa shape index (κ1) is 25.9. The number of para-hydroxylation sites is 1. The van der Waals surface area contributed by atoms with Crippen LogP contribution in [0.1, 0.15) is 101 Å². The van der Waals surface area contributed by atoms with Crippen LogP contribution in [0.3, 0.4) is 0 Å². The summed E-state index contributed by atoms with van der Waals surface area (Å²) in [5.41, 5.74) is 5.59. The molecule has 34 heavy (non-hydrogen) atoms. The molecule has 5 nitrogen and oxygen atoms in total. The van der Waals surface area contributed by atoms with Crippen LogP contribution in [0, 0.1) is 0 Å². The van der Waals surface area contributed by atoms with E-state index in [1.807, 2.05) is 12.1 Å². The number of carbonyl (C=O) groups excluding carboxylic acids is 1. The monoisotopic (exact) mass is 466 g/mol. The van der Waals surface area contributed by atoms with Gasteiger partial charge in [-0.05, 0) is 53.5 Å². The fourth-order valence-corrected chi connectivity index (χ4v) is 4.68. The van der Waals surface area contributed by atoms with Crippen LogP contribution in [0.15, 0.2) is 30.3 Å². The van der Waals surface area contributed by atoms with E-state index in [0.717, 1.165) is 48.4 Å². The number of unbranched alkanes of at least 4 members (excludes halogenated alkanes) is 2. The summed E-state index contributed by atoms with van der Waals surface area (Å²) in [4.78, 5) is 15.6. The molecule has 0 saturated carbocycles. The van der Waals surface area contributed by atoms with Gasteiger partial charge in [0.2, 0.25) is 12.7 Å². The van der Waals surface area contributed by atoms with E-state index in [-0.39, 0.29) is 18.6 Å². The lowest BCUT2D eigenvalue weighted by molar-refractivity contribution is -0.116. The first-order valence-electron chi connectivity index (χ1n) is 12.8. The fourth-order valence-electron chi connectivity index (χ4n) is 4.68. The van der Waals surface area contributed by atoms with Crippen LogP contribution in [0.25, 0.3) is 0 Å². The maximum Gasteiger partial charge on any atom is 0.231 e. The molecular weight excluding hydrogens is 424 g/mol. The number of hydrogen-bond acceptors (Lipinski definition) is 4.